The van der Waals surface area contributed by atoms with Crippen molar-refractivity contribution in [1.29, 1.82) is 0 Å². The maximum absolute atomic E-state index is 12.5. The minimum absolute atomic E-state index is 0.0869. The van der Waals surface area contributed by atoms with Crippen molar-refractivity contribution in [3.05, 3.63) is 72.7 Å². The molecule has 0 saturated carbocycles. The van der Waals surface area contributed by atoms with Crippen LogP contribution in [0.1, 0.15) is 24.2 Å². The number of amides is 1. The topological polar surface area (TPSA) is 128 Å². The second-order valence-corrected chi connectivity index (χ2v) is 9.78. The molecule has 42 heavy (non-hydrogen) atoms. The normalized spacial score (nSPS) is 11.2. The van der Waals surface area contributed by atoms with E-state index in [1.807, 2.05) is 36.4 Å². The van der Waals surface area contributed by atoms with Crippen LogP contribution in [0.4, 0.5) is 17.2 Å². The minimum Gasteiger partial charge on any atom is -0.493 e. The molecule has 3 heterocycles. The molecule has 3 aromatic heterocycles. The van der Waals surface area contributed by atoms with Gasteiger partial charge in [-0.3, -0.25) is 14.8 Å². The Hall–Kier alpha value is -4.96. The number of ether oxygens (including phenoxy) is 2. The lowest BCUT2D eigenvalue weighted by Crippen LogP contribution is -2.34. The van der Waals surface area contributed by atoms with Gasteiger partial charge in [-0.25, -0.2) is 4.98 Å². The average molecular weight is 566 g/mol. The van der Waals surface area contributed by atoms with Gasteiger partial charge in [-0.1, -0.05) is 13.8 Å². The highest BCUT2D eigenvalue weighted by Gasteiger charge is 2.14. The fourth-order valence-corrected chi connectivity index (χ4v) is 4.90. The number of rotatable bonds is 11. The first-order chi connectivity index (χ1) is 20.4. The van der Waals surface area contributed by atoms with Gasteiger partial charge < -0.3 is 30.7 Å². The van der Waals surface area contributed by atoms with Crippen LogP contribution < -0.4 is 25.8 Å². The Labute approximate surface area is 244 Å². The maximum Gasteiger partial charge on any atom is 0.251 e. The molecule has 5 rings (SSSR count). The van der Waals surface area contributed by atoms with Crippen LogP contribution in [-0.2, 0) is 0 Å². The van der Waals surface area contributed by atoms with E-state index in [1.54, 1.807) is 44.9 Å². The van der Waals surface area contributed by atoms with E-state index in [2.05, 4.69) is 44.3 Å². The van der Waals surface area contributed by atoms with E-state index in [0.29, 0.717) is 35.1 Å². The van der Waals surface area contributed by atoms with Crippen LogP contribution in [0.25, 0.3) is 32.9 Å². The Morgan fingerprint density at radius 1 is 0.881 bits per heavy atom. The molecule has 0 saturated heterocycles. The van der Waals surface area contributed by atoms with E-state index >= 15 is 0 Å². The van der Waals surface area contributed by atoms with Crippen molar-refractivity contribution in [3.63, 3.8) is 0 Å². The molecule has 1 amide bonds. The van der Waals surface area contributed by atoms with Crippen LogP contribution in [0.2, 0.25) is 0 Å². The molecule has 0 fully saturated rings. The van der Waals surface area contributed by atoms with Crippen molar-refractivity contribution >= 4 is 44.8 Å². The van der Waals surface area contributed by atoms with Gasteiger partial charge in [0.1, 0.15) is 5.82 Å². The van der Waals surface area contributed by atoms with Gasteiger partial charge in [-0.05, 0) is 60.9 Å². The lowest BCUT2D eigenvalue weighted by Gasteiger charge is -2.18. The van der Waals surface area contributed by atoms with Crippen molar-refractivity contribution in [2.24, 2.45) is 0 Å². The summed E-state index contributed by atoms with van der Waals surface area (Å²) in [4.78, 5) is 28.5. The van der Waals surface area contributed by atoms with Crippen LogP contribution in [0, 0.1) is 0 Å². The molecule has 10 heteroatoms. The van der Waals surface area contributed by atoms with Crippen molar-refractivity contribution in [2.75, 3.05) is 51.4 Å². The van der Waals surface area contributed by atoms with Crippen molar-refractivity contribution in [2.45, 2.75) is 13.8 Å². The van der Waals surface area contributed by atoms with Gasteiger partial charge in [0, 0.05) is 59.1 Å². The molecule has 10 nitrogen and oxygen atoms in total. The smallest absolute Gasteiger partial charge is 0.251 e. The number of fused-ring (bicyclic) bond motifs is 3. The number of nitrogens with one attached hydrogen (secondary N) is 2. The maximum atomic E-state index is 12.5. The van der Waals surface area contributed by atoms with Crippen molar-refractivity contribution < 1.29 is 14.3 Å². The largest absolute Gasteiger partial charge is 0.493 e. The van der Waals surface area contributed by atoms with E-state index in [0.717, 1.165) is 58.2 Å². The number of hydrogen-bond donors (Lipinski definition) is 3. The first kappa shape index (κ1) is 28.6. The third kappa shape index (κ3) is 6.03. The summed E-state index contributed by atoms with van der Waals surface area (Å²) in [6, 6.07) is 15.0. The Bertz CT molecular complexity index is 1720. The third-order valence-electron chi connectivity index (χ3n) is 7.29. The summed E-state index contributed by atoms with van der Waals surface area (Å²) in [5, 5.41) is 8.87. The summed E-state index contributed by atoms with van der Waals surface area (Å²) < 4.78 is 11.0. The van der Waals surface area contributed by atoms with E-state index in [1.165, 1.54) is 0 Å². The summed E-state index contributed by atoms with van der Waals surface area (Å²) in [5.74, 6) is 1.49. The average Bonchev–Trinajstić information content (AvgIpc) is 3.02. The molecule has 0 bridgehead atoms. The molecule has 0 spiro atoms. The number of hydrogen-bond acceptors (Lipinski definition) is 9. The van der Waals surface area contributed by atoms with Gasteiger partial charge >= 0.3 is 0 Å². The number of anilines is 3. The Morgan fingerprint density at radius 3 is 2.33 bits per heavy atom. The molecule has 0 radical (unpaired) electrons. The summed E-state index contributed by atoms with van der Waals surface area (Å²) in [7, 11) is 3.20. The molecule has 0 unspecified atom stereocenters. The summed E-state index contributed by atoms with van der Waals surface area (Å²) >= 11 is 0. The number of pyridine rings is 3. The summed E-state index contributed by atoms with van der Waals surface area (Å²) in [6.45, 7) is 7.60. The van der Waals surface area contributed by atoms with E-state index in [-0.39, 0.29) is 5.91 Å². The molecule has 5 aromatic rings. The lowest BCUT2D eigenvalue weighted by atomic mass is 10.0. The van der Waals surface area contributed by atoms with Crippen LogP contribution in [0.5, 0.6) is 11.5 Å². The quantitative estimate of drug-likeness (QED) is 0.184. The molecule has 4 N–H and O–H groups in total. The zero-order chi connectivity index (χ0) is 29.6. The molecular weight excluding hydrogens is 530 g/mol. The second kappa shape index (κ2) is 12.7. The fraction of sp³-hybridized carbons (Fsp3) is 0.250. The number of methoxy groups -OCH3 is 2. The standard InChI is InChI=1S/C32H35N7O3/c1-5-39(6-2)12-11-35-32(40)20-7-9-22(10-8-20)37-23-13-21(17-34-18-23)27-14-24-25-15-29(41-3)30(42-4)16-28(25)36-19-26(24)31(33)38-27/h7-10,13-19,37H,5-6,11-12H2,1-4H3,(H2,33,38)(H,35,40). The van der Waals surface area contributed by atoms with E-state index in [9.17, 15) is 4.79 Å². The van der Waals surface area contributed by atoms with Crippen molar-refractivity contribution in [1.82, 2.24) is 25.2 Å². The fourth-order valence-electron chi connectivity index (χ4n) is 4.90. The molecule has 0 aliphatic heterocycles. The number of likely N-dealkylation sites (N-methyl/N-ethyl adjacent to an activating group) is 1. The second-order valence-electron chi connectivity index (χ2n) is 9.78. The number of nitrogens with two attached hydrogens (primary N) is 1. The van der Waals surface area contributed by atoms with E-state index < -0.39 is 0 Å². The highest BCUT2D eigenvalue weighted by Crippen LogP contribution is 2.37. The molecule has 216 valence electrons. The molecule has 0 aliphatic rings. The summed E-state index contributed by atoms with van der Waals surface area (Å²) in [5.41, 5.74) is 10.8. The van der Waals surface area contributed by atoms with Gasteiger partial charge in [0.15, 0.2) is 11.5 Å². The van der Waals surface area contributed by atoms with Gasteiger partial charge in [0.05, 0.1) is 37.3 Å². The Balaban J connectivity index is 1.37. The number of benzene rings is 2. The molecule has 0 atom stereocenters. The number of aromatic nitrogens is 3. The van der Waals surface area contributed by atoms with Gasteiger partial charge in [-0.15, -0.1) is 0 Å². The predicted molar refractivity (Wildman–Crippen MR) is 168 cm³/mol. The summed E-state index contributed by atoms with van der Waals surface area (Å²) in [6.07, 6.45) is 5.20. The van der Waals surface area contributed by atoms with Crippen molar-refractivity contribution in [3.8, 4) is 22.8 Å². The minimum atomic E-state index is -0.0869. The SMILES string of the molecule is CCN(CC)CCNC(=O)c1ccc(Nc2cncc(-c3cc4c(cnc5cc(OC)c(OC)cc54)c(N)n3)c2)cc1. The third-order valence-corrected chi connectivity index (χ3v) is 7.29. The zero-order valence-corrected chi connectivity index (χ0v) is 24.3. The number of nitrogen functional groups attached to an aromatic ring is 1. The van der Waals surface area contributed by atoms with Gasteiger partial charge in [0.2, 0.25) is 0 Å². The van der Waals surface area contributed by atoms with Crippen LogP contribution in [-0.4, -0.2) is 66.2 Å². The molecule has 2 aromatic carbocycles. The van der Waals surface area contributed by atoms with Crippen LogP contribution in [0.15, 0.2) is 67.1 Å². The van der Waals surface area contributed by atoms with E-state index in [4.69, 9.17) is 15.2 Å². The highest BCUT2D eigenvalue weighted by molar-refractivity contribution is 6.10. The zero-order valence-electron chi connectivity index (χ0n) is 24.3. The van der Waals surface area contributed by atoms with Crippen LogP contribution in [0.3, 0.4) is 0 Å². The first-order valence-corrected chi connectivity index (χ1v) is 13.9. The Kier molecular flexibility index (Phi) is 8.63. The number of carbonyl (C=O) groups excluding carboxylic acids is 1. The van der Waals surface area contributed by atoms with Gasteiger partial charge in [0.25, 0.3) is 5.91 Å². The molecular formula is C32H35N7O3. The first-order valence-electron chi connectivity index (χ1n) is 13.9. The molecule has 0 aliphatic carbocycles. The number of nitrogens with zero attached hydrogens (tertiary/aromatic N) is 4. The number of carbonyl (C=O) groups is 1. The van der Waals surface area contributed by atoms with Gasteiger partial charge in [-0.2, -0.15) is 0 Å². The Morgan fingerprint density at radius 2 is 1.62 bits per heavy atom. The highest BCUT2D eigenvalue weighted by atomic mass is 16.5. The lowest BCUT2D eigenvalue weighted by molar-refractivity contribution is 0.0949. The van der Waals surface area contributed by atoms with Crippen LogP contribution >= 0.6 is 0 Å². The predicted octanol–water partition coefficient (Wildman–Crippen LogP) is 5.26. The monoisotopic (exact) mass is 565 g/mol.